The lowest BCUT2D eigenvalue weighted by molar-refractivity contribution is 0.896. The monoisotopic (exact) mass is 331 g/mol. The van der Waals surface area contributed by atoms with E-state index in [1.54, 1.807) is 0 Å². The minimum absolute atomic E-state index is 0.580. The van der Waals surface area contributed by atoms with E-state index in [2.05, 4.69) is 46.5 Å². The standard InChI is InChI=1S/C20H21N5/c1-13(2)20(25-22)19(21)17-9-7-15(8-10-17)14-3-5-16(6-4-14)18-11-23-24-12-18/h3-12,25H,1,21-22H2,2H3,(H,23,24)/b20-19-. The molecule has 5 nitrogen and oxygen atoms in total. The average molecular weight is 331 g/mol. The molecule has 2 aromatic carbocycles. The van der Waals surface area contributed by atoms with Gasteiger partial charge < -0.3 is 11.2 Å². The summed E-state index contributed by atoms with van der Waals surface area (Å²) < 4.78 is 0. The van der Waals surface area contributed by atoms with E-state index in [9.17, 15) is 0 Å². The molecule has 126 valence electrons. The van der Waals surface area contributed by atoms with Gasteiger partial charge in [0.1, 0.15) is 0 Å². The summed E-state index contributed by atoms with van der Waals surface area (Å²) in [4.78, 5) is 0. The predicted octanol–water partition coefficient (Wildman–Crippen LogP) is 3.41. The molecule has 5 heteroatoms. The fraction of sp³-hybridized carbons (Fsp3) is 0.0500. The normalized spacial score (nSPS) is 11.8. The molecule has 0 bridgehead atoms. The summed E-state index contributed by atoms with van der Waals surface area (Å²) in [6, 6.07) is 16.4. The average Bonchev–Trinajstić information content (AvgIpc) is 3.17. The Kier molecular flexibility index (Phi) is 4.68. The Balaban J connectivity index is 1.86. The van der Waals surface area contributed by atoms with Gasteiger partial charge in [0.15, 0.2) is 0 Å². The highest BCUT2D eigenvalue weighted by atomic mass is 15.2. The third-order valence-electron chi connectivity index (χ3n) is 4.09. The van der Waals surface area contributed by atoms with Crippen LogP contribution in [-0.4, -0.2) is 10.2 Å². The van der Waals surface area contributed by atoms with Crippen molar-refractivity contribution in [3.05, 3.63) is 84.3 Å². The zero-order valence-electron chi connectivity index (χ0n) is 14.1. The second kappa shape index (κ2) is 7.07. The molecular weight excluding hydrogens is 310 g/mol. The van der Waals surface area contributed by atoms with Crippen molar-refractivity contribution in [2.75, 3.05) is 0 Å². The summed E-state index contributed by atoms with van der Waals surface area (Å²) in [5.74, 6) is 5.53. The topological polar surface area (TPSA) is 92.8 Å². The van der Waals surface area contributed by atoms with Crippen LogP contribution < -0.4 is 17.0 Å². The summed E-state index contributed by atoms with van der Waals surface area (Å²) in [5, 5.41) is 6.80. The summed E-state index contributed by atoms with van der Waals surface area (Å²) in [6.07, 6.45) is 3.69. The van der Waals surface area contributed by atoms with Gasteiger partial charge in [0, 0.05) is 11.8 Å². The molecule has 0 atom stereocenters. The number of hydrogen-bond donors (Lipinski definition) is 4. The summed E-state index contributed by atoms with van der Waals surface area (Å²) in [6.45, 7) is 5.74. The number of benzene rings is 2. The summed E-state index contributed by atoms with van der Waals surface area (Å²) >= 11 is 0. The van der Waals surface area contributed by atoms with Crippen molar-refractivity contribution in [1.29, 1.82) is 0 Å². The third kappa shape index (κ3) is 3.46. The molecule has 0 aliphatic heterocycles. The van der Waals surface area contributed by atoms with Crippen molar-refractivity contribution in [1.82, 2.24) is 15.6 Å². The molecule has 25 heavy (non-hydrogen) atoms. The van der Waals surface area contributed by atoms with Crippen LogP contribution in [0.25, 0.3) is 28.0 Å². The highest BCUT2D eigenvalue weighted by molar-refractivity contribution is 5.73. The third-order valence-corrected chi connectivity index (χ3v) is 4.09. The van der Waals surface area contributed by atoms with Crippen molar-refractivity contribution >= 4 is 5.70 Å². The fourth-order valence-electron chi connectivity index (χ4n) is 2.68. The maximum atomic E-state index is 6.18. The second-order valence-electron chi connectivity index (χ2n) is 5.86. The molecular formula is C20H21N5. The van der Waals surface area contributed by atoms with Gasteiger partial charge in [0.05, 0.1) is 17.6 Å². The minimum Gasteiger partial charge on any atom is -0.397 e. The van der Waals surface area contributed by atoms with E-state index in [1.165, 1.54) is 0 Å². The molecule has 6 N–H and O–H groups in total. The van der Waals surface area contributed by atoms with Crippen LogP contribution in [0.3, 0.4) is 0 Å². The fourth-order valence-corrected chi connectivity index (χ4v) is 2.68. The van der Waals surface area contributed by atoms with Crippen LogP contribution in [0.2, 0.25) is 0 Å². The Bertz CT molecular complexity index is 888. The number of hydrazine groups is 1. The Morgan fingerprint density at radius 3 is 1.92 bits per heavy atom. The van der Waals surface area contributed by atoms with Crippen molar-refractivity contribution in [3.63, 3.8) is 0 Å². The first-order valence-corrected chi connectivity index (χ1v) is 7.92. The van der Waals surface area contributed by atoms with E-state index in [-0.39, 0.29) is 0 Å². The first-order valence-electron chi connectivity index (χ1n) is 7.92. The molecule has 0 spiro atoms. The van der Waals surface area contributed by atoms with Crippen LogP contribution in [0.1, 0.15) is 12.5 Å². The van der Waals surface area contributed by atoms with Gasteiger partial charge in [-0.25, -0.2) is 0 Å². The molecule has 0 amide bonds. The molecule has 3 rings (SSSR count). The SMILES string of the molecule is C=C(C)/C(NN)=C(/N)c1ccc(-c2ccc(-c3cn[nH]c3)cc2)cc1. The first-order chi connectivity index (χ1) is 12.1. The van der Waals surface area contributed by atoms with Gasteiger partial charge in [-0.2, -0.15) is 5.10 Å². The van der Waals surface area contributed by atoms with E-state index >= 15 is 0 Å². The molecule has 0 aliphatic rings. The van der Waals surface area contributed by atoms with Crippen LogP contribution >= 0.6 is 0 Å². The molecule has 0 unspecified atom stereocenters. The van der Waals surface area contributed by atoms with Crippen molar-refractivity contribution in [3.8, 4) is 22.3 Å². The van der Waals surface area contributed by atoms with Gasteiger partial charge in [0.2, 0.25) is 0 Å². The van der Waals surface area contributed by atoms with Crippen LogP contribution in [0.15, 0.2) is 78.8 Å². The van der Waals surface area contributed by atoms with Gasteiger partial charge in [-0.15, -0.1) is 0 Å². The quantitative estimate of drug-likeness (QED) is 0.327. The zero-order valence-corrected chi connectivity index (χ0v) is 14.1. The van der Waals surface area contributed by atoms with Crippen LogP contribution in [-0.2, 0) is 0 Å². The van der Waals surface area contributed by atoms with Crippen molar-refractivity contribution in [2.45, 2.75) is 6.92 Å². The van der Waals surface area contributed by atoms with Gasteiger partial charge in [-0.1, -0.05) is 55.1 Å². The highest BCUT2D eigenvalue weighted by Gasteiger charge is 2.07. The smallest absolute Gasteiger partial charge is 0.0745 e. The van der Waals surface area contributed by atoms with E-state index in [0.29, 0.717) is 11.4 Å². The maximum Gasteiger partial charge on any atom is 0.0745 e. The number of allylic oxidation sites excluding steroid dienone is 1. The number of nitrogens with one attached hydrogen (secondary N) is 2. The number of aromatic nitrogens is 2. The van der Waals surface area contributed by atoms with Gasteiger partial charge in [0.25, 0.3) is 0 Å². The van der Waals surface area contributed by atoms with Crippen molar-refractivity contribution in [2.24, 2.45) is 11.6 Å². The Labute approximate surface area is 147 Å². The van der Waals surface area contributed by atoms with E-state index < -0.39 is 0 Å². The van der Waals surface area contributed by atoms with Gasteiger partial charge >= 0.3 is 0 Å². The number of aromatic amines is 1. The van der Waals surface area contributed by atoms with Crippen LogP contribution in [0, 0.1) is 0 Å². The summed E-state index contributed by atoms with van der Waals surface area (Å²) in [5.41, 5.74) is 16.2. The van der Waals surface area contributed by atoms with E-state index in [0.717, 1.165) is 33.4 Å². The summed E-state index contributed by atoms with van der Waals surface area (Å²) in [7, 11) is 0. The molecule has 0 aliphatic carbocycles. The van der Waals surface area contributed by atoms with Gasteiger partial charge in [-0.3, -0.25) is 10.9 Å². The van der Waals surface area contributed by atoms with E-state index in [1.807, 2.05) is 43.6 Å². The lowest BCUT2D eigenvalue weighted by atomic mass is 9.99. The molecule has 1 aromatic heterocycles. The Morgan fingerprint density at radius 1 is 0.960 bits per heavy atom. The van der Waals surface area contributed by atoms with E-state index in [4.69, 9.17) is 11.6 Å². The minimum atomic E-state index is 0.580. The molecule has 0 fully saturated rings. The Hall–Kier alpha value is -3.31. The number of rotatable bonds is 5. The van der Waals surface area contributed by atoms with Crippen molar-refractivity contribution < 1.29 is 0 Å². The maximum absolute atomic E-state index is 6.18. The molecule has 3 aromatic rings. The number of nitrogens with zero attached hydrogens (tertiary/aromatic N) is 1. The van der Waals surface area contributed by atoms with Gasteiger partial charge in [-0.05, 0) is 34.8 Å². The second-order valence-corrected chi connectivity index (χ2v) is 5.86. The number of hydrogen-bond acceptors (Lipinski definition) is 4. The molecule has 0 saturated carbocycles. The van der Waals surface area contributed by atoms with Crippen LogP contribution in [0.4, 0.5) is 0 Å². The first kappa shape index (κ1) is 16.5. The number of H-pyrrole nitrogens is 1. The largest absolute Gasteiger partial charge is 0.397 e. The lowest BCUT2D eigenvalue weighted by Gasteiger charge is -2.12. The number of nitrogens with two attached hydrogens (primary N) is 2. The zero-order chi connectivity index (χ0) is 17.8. The molecule has 0 radical (unpaired) electrons. The predicted molar refractivity (Wildman–Crippen MR) is 103 cm³/mol. The molecule has 1 heterocycles. The Morgan fingerprint density at radius 2 is 1.48 bits per heavy atom. The lowest BCUT2D eigenvalue weighted by Crippen LogP contribution is -2.24. The molecule has 0 saturated heterocycles. The highest BCUT2D eigenvalue weighted by Crippen LogP contribution is 2.26. The van der Waals surface area contributed by atoms with Crippen LogP contribution in [0.5, 0.6) is 0 Å².